The average Bonchev–Trinajstić information content (AvgIpc) is 3.32. The van der Waals surface area contributed by atoms with Gasteiger partial charge in [0.2, 0.25) is 0 Å². The Morgan fingerprint density at radius 1 is 1.22 bits per heavy atom. The van der Waals surface area contributed by atoms with E-state index in [0.717, 1.165) is 54.9 Å². The Morgan fingerprint density at radius 3 is 2.78 bits per heavy atom. The SMILES string of the molecule is COc1ccc2nccc([C@@H](O)CN3CCN(CCNC(=O)Oc4cccs4)CC3)c2c1. The summed E-state index contributed by atoms with van der Waals surface area (Å²) < 4.78 is 10.5. The van der Waals surface area contributed by atoms with E-state index in [1.807, 2.05) is 35.7 Å². The molecule has 3 aromatic rings. The lowest BCUT2D eigenvalue weighted by atomic mass is 10.0. The number of nitrogens with one attached hydrogen (secondary N) is 1. The highest BCUT2D eigenvalue weighted by Crippen LogP contribution is 2.27. The number of aliphatic hydroxyl groups excluding tert-OH is 1. The first-order valence-corrected chi connectivity index (χ1v) is 11.5. The Labute approximate surface area is 191 Å². The Kier molecular flexibility index (Phi) is 7.54. The molecule has 1 saturated heterocycles. The molecule has 1 atom stereocenters. The maximum absolute atomic E-state index is 11.8. The highest BCUT2D eigenvalue weighted by molar-refractivity contribution is 7.11. The van der Waals surface area contributed by atoms with Crippen molar-refractivity contribution in [2.45, 2.75) is 6.10 Å². The van der Waals surface area contributed by atoms with Crippen molar-refractivity contribution < 1.29 is 19.4 Å². The number of ether oxygens (including phenoxy) is 2. The molecule has 0 unspecified atom stereocenters. The highest BCUT2D eigenvalue weighted by Gasteiger charge is 2.21. The number of aromatic nitrogens is 1. The molecule has 0 bridgehead atoms. The largest absolute Gasteiger partial charge is 0.497 e. The number of rotatable bonds is 8. The molecule has 0 radical (unpaired) electrons. The second-order valence-electron chi connectivity index (χ2n) is 7.69. The van der Waals surface area contributed by atoms with Gasteiger partial charge in [0.25, 0.3) is 0 Å². The minimum absolute atomic E-state index is 0.421. The molecule has 8 nitrogen and oxygen atoms in total. The number of carbonyl (C=O) groups is 1. The van der Waals surface area contributed by atoms with E-state index < -0.39 is 12.2 Å². The number of amides is 1. The van der Waals surface area contributed by atoms with Gasteiger partial charge >= 0.3 is 6.09 Å². The van der Waals surface area contributed by atoms with Crippen molar-refractivity contribution in [1.82, 2.24) is 20.1 Å². The Hall–Kier alpha value is -2.72. The monoisotopic (exact) mass is 456 g/mol. The third-order valence-corrected chi connectivity index (χ3v) is 6.37. The van der Waals surface area contributed by atoms with Gasteiger partial charge in [0.1, 0.15) is 5.75 Å². The van der Waals surface area contributed by atoms with Gasteiger partial charge in [-0.15, -0.1) is 11.3 Å². The fraction of sp³-hybridized carbons (Fsp3) is 0.391. The fourth-order valence-electron chi connectivity index (χ4n) is 3.87. The van der Waals surface area contributed by atoms with Crippen LogP contribution < -0.4 is 14.8 Å². The predicted octanol–water partition coefficient (Wildman–Crippen LogP) is 2.74. The number of benzene rings is 1. The number of nitrogens with zero attached hydrogens (tertiary/aromatic N) is 3. The zero-order chi connectivity index (χ0) is 22.3. The molecular formula is C23H28N4O4S. The fourth-order valence-corrected chi connectivity index (χ4v) is 4.44. The number of methoxy groups -OCH3 is 1. The van der Waals surface area contributed by atoms with Gasteiger partial charge in [-0.2, -0.15) is 0 Å². The smallest absolute Gasteiger partial charge is 0.413 e. The predicted molar refractivity (Wildman–Crippen MR) is 124 cm³/mol. The van der Waals surface area contributed by atoms with Crippen molar-refractivity contribution in [3.05, 3.63) is 53.5 Å². The number of hydrogen-bond acceptors (Lipinski definition) is 8. The lowest BCUT2D eigenvalue weighted by Crippen LogP contribution is -2.49. The van der Waals surface area contributed by atoms with Crippen LogP contribution in [0.4, 0.5) is 4.79 Å². The highest BCUT2D eigenvalue weighted by atomic mass is 32.1. The number of aliphatic hydroxyl groups is 1. The van der Waals surface area contributed by atoms with Gasteiger partial charge in [-0.25, -0.2) is 4.79 Å². The molecule has 0 saturated carbocycles. The van der Waals surface area contributed by atoms with Gasteiger partial charge in [-0.3, -0.25) is 14.8 Å². The summed E-state index contributed by atoms with van der Waals surface area (Å²) in [5.74, 6) is 0.750. The summed E-state index contributed by atoms with van der Waals surface area (Å²) in [5, 5.41) is 17.1. The standard InChI is InChI=1S/C23H28N4O4S/c1-30-17-4-5-20-19(15-17)18(6-7-24-20)21(28)16-27-12-10-26(11-13-27)9-8-25-23(29)31-22-3-2-14-32-22/h2-7,14-15,21,28H,8-13,16H2,1H3,(H,25,29)/t21-/m0/s1. The number of piperazine rings is 1. The molecule has 2 N–H and O–H groups in total. The molecule has 32 heavy (non-hydrogen) atoms. The minimum atomic E-state index is -0.604. The molecule has 2 aromatic heterocycles. The Bertz CT molecular complexity index is 1020. The first-order valence-electron chi connectivity index (χ1n) is 10.7. The quantitative estimate of drug-likeness (QED) is 0.539. The number of fused-ring (bicyclic) bond motifs is 1. The molecular weight excluding hydrogens is 428 g/mol. The average molecular weight is 457 g/mol. The summed E-state index contributed by atoms with van der Waals surface area (Å²) in [4.78, 5) is 20.8. The van der Waals surface area contributed by atoms with E-state index in [1.54, 1.807) is 19.4 Å². The molecule has 9 heteroatoms. The number of thiophene rings is 1. The van der Waals surface area contributed by atoms with Crippen LogP contribution in [0.1, 0.15) is 11.7 Å². The van der Waals surface area contributed by atoms with Gasteiger partial charge in [-0.05, 0) is 47.3 Å². The van der Waals surface area contributed by atoms with E-state index in [1.165, 1.54) is 11.3 Å². The minimum Gasteiger partial charge on any atom is -0.497 e. The van der Waals surface area contributed by atoms with Crippen LogP contribution in [-0.4, -0.2) is 78.9 Å². The summed E-state index contributed by atoms with van der Waals surface area (Å²) in [6, 6.07) is 11.2. The second kappa shape index (κ2) is 10.7. The molecule has 1 aromatic carbocycles. The van der Waals surface area contributed by atoms with Crippen LogP contribution in [0, 0.1) is 0 Å². The van der Waals surface area contributed by atoms with Crippen LogP contribution in [0.3, 0.4) is 0 Å². The van der Waals surface area contributed by atoms with E-state index >= 15 is 0 Å². The molecule has 0 aliphatic carbocycles. The maximum atomic E-state index is 11.8. The van der Waals surface area contributed by atoms with E-state index in [2.05, 4.69) is 20.1 Å². The number of pyridine rings is 1. The Balaban J connectivity index is 1.23. The topological polar surface area (TPSA) is 87.2 Å². The normalized spacial score (nSPS) is 16.1. The molecule has 3 heterocycles. The zero-order valence-electron chi connectivity index (χ0n) is 18.1. The van der Waals surface area contributed by atoms with Gasteiger partial charge in [0.15, 0.2) is 5.06 Å². The van der Waals surface area contributed by atoms with E-state index in [9.17, 15) is 9.90 Å². The molecule has 1 fully saturated rings. The van der Waals surface area contributed by atoms with Crippen molar-refractivity contribution in [2.75, 3.05) is 52.9 Å². The Morgan fingerprint density at radius 2 is 2.03 bits per heavy atom. The second-order valence-corrected chi connectivity index (χ2v) is 8.60. The molecule has 4 rings (SSSR count). The molecule has 170 valence electrons. The van der Waals surface area contributed by atoms with Gasteiger partial charge in [-0.1, -0.05) is 0 Å². The number of carbonyl (C=O) groups excluding carboxylic acids is 1. The van der Waals surface area contributed by atoms with Gasteiger partial charge < -0.3 is 19.9 Å². The van der Waals surface area contributed by atoms with E-state index in [-0.39, 0.29) is 0 Å². The first-order chi connectivity index (χ1) is 15.6. The van der Waals surface area contributed by atoms with Crippen LogP contribution in [0.25, 0.3) is 10.9 Å². The number of β-amino-alcohol motifs (C(OH)–C–C–N with tert-alkyl or cyclic N) is 1. The van der Waals surface area contributed by atoms with Crippen molar-refractivity contribution in [2.24, 2.45) is 0 Å². The van der Waals surface area contributed by atoms with Gasteiger partial charge in [0.05, 0.1) is 18.7 Å². The number of hydrogen-bond donors (Lipinski definition) is 2. The van der Waals surface area contributed by atoms with Crippen molar-refractivity contribution in [1.29, 1.82) is 0 Å². The van der Waals surface area contributed by atoms with Crippen LogP contribution in [0.2, 0.25) is 0 Å². The summed E-state index contributed by atoms with van der Waals surface area (Å²) in [5.41, 5.74) is 1.71. The van der Waals surface area contributed by atoms with Crippen LogP contribution >= 0.6 is 11.3 Å². The zero-order valence-corrected chi connectivity index (χ0v) is 18.9. The van der Waals surface area contributed by atoms with Crippen LogP contribution in [0.5, 0.6) is 10.8 Å². The summed E-state index contributed by atoms with van der Waals surface area (Å²) in [7, 11) is 1.63. The summed E-state index contributed by atoms with van der Waals surface area (Å²) >= 11 is 1.39. The lowest BCUT2D eigenvalue weighted by Gasteiger charge is -2.35. The summed E-state index contributed by atoms with van der Waals surface area (Å²) in [6.07, 6.45) is 0.713. The van der Waals surface area contributed by atoms with Crippen LogP contribution in [-0.2, 0) is 0 Å². The molecule has 1 aliphatic rings. The molecule has 1 aliphatic heterocycles. The maximum Gasteiger partial charge on any atom is 0.413 e. The lowest BCUT2D eigenvalue weighted by molar-refractivity contribution is 0.0735. The molecule has 1 amide bonds. The van der Waals surface area contributed by atoms with E-state index in [0.29, 0.717) is 18.2 Å². The van der Waals surface area contributed by atoms with Crippen LogP contribution in [0.15, 0.2) is 48.0 Å². The first kappa shape index (κ1) is 22.5. The third-order valence-electron chi connectivity index (χ3n) is 5.62. The van der Waals surface area contributed by atoms with Gasteiger partial charge in [0, 0.05) is 57.4 Å². The third kappa shape index (κ3) is 5.74. The van der Waals surface area contributed by atoms with E-state index in [4.69, 9.17) is 9.47 Å². The van der Waals surface area contributed by atoms with Crippen molar-refractivity contribution in [3.8, 4) is 10.8 Å². The van der Waals surface area contributed by atoms with Crippen molar-refractivity contribution >= 4 is 28.3 Å². The molecule has 0 spiro atoms. The summed E-state index contributed by atoms with van der Waals surface area (Å²) in [6.45, 7) is 5.38. The van der Waals surface area contributed by atoms with Crippen molar-refractivity contribution in [3.63, 3.8) is 0 Å².